The summed E-state index contributed by atoms with van der Waals surface area (Å²) in [5.74, 6) is 2.19. The fraction of sp³-hybridized carbons (Fsp3) is 0.500. The lowest BCUT2D eigenvalue weighted by molar-refractivity contribution is -0.122. The number of aryl methyl sites for hydroxylation is 1. The molecule has 2 aromatic carbocycles. The third kappa shape index (κ3) is 9.76. The summed E-state index contributed by atoms with van der Waals surface area (Å²) >= 11 is 6.42. The minimum Gasteiger partial charge on any atom is -0.478 e. The van der Waals surface area contributed by atoms with Crippen molar-refractivity contribution in [3.05, 3.63) is 82.5 Å². The molecule has 232 valence electrons. The molecule has 1 N–H and O–H groups in total. The van der Waals surface area contributed by atoms with E-state index in [1.54, 1.807) is 0 Å². The zero-order chi connectivity index (χ0) is 30.8. The first kappa shape index (κ1) is 32.9. The van der Waals surface area contributed by atoms with E-state index >= 15 is 0 Å². The van der Waals surface area contributed by atoms with E-state index in [4.69, 9.17) is 16.3 Å². The molecular formula is C38H51ClN2O2. The number of hydrogen-bond acceptors (Lipinski definition) is 2. The Morgan fingerprint density at radius 1 is 1.07 bits per heavy atom. The molecule has 43 heavy (non-hydrogen) atoms. The van der Waals surface area contributed by atoms with Crippen LogP contribution in [-0.4, -0.2) is 23.1 Å². The van der Waals surface area contributed by atoms with Crippen molar-refractivity contribution in [2.75, 3.05) is 6.61 Å². The maximum absolute atomic E-state index is 13.1. The summed E-state index contributed by atoms with van der Waals surface area (Å²) in [6.07, 6.45) is 16.1. The van der Waals surface area contributed by atoms with Crippen molar-refractivity contribution in [1.82, 2.24) is 9.88 Å². The van der Waals surface area contributed by atoms with Crippen molar-refractivity contribution in [3.8, 4) is 17.0 Å². The molecule has 0 aliphatic heterocycles. The van der Waals surface area contributed by atoms with Crippen LogP contribution in [0.15, 0.2) is 60.8 Å². The average molecular weight is 603 g/mol. The molecule has 3 aromatic rings. The highest BCUT2D eigenvalue weighted by Crippen LogP contribution is 2.35. The van der Waals surface area contributed by atoms with E-state index in [1.807, 2.05) is 12.1 Å². The Kier molecular flexibility index (Phi) is 12.4. The van der Waals surface area contributed by atoms with Gasteiger partial charge in [-0.2, -0.15) is 0 Å². The molecule has 0 fully saturated rings. The van der Waals surface area contributed by atoms with Crippen LogP contribution in [-0.2, 0) is 11.2 Å². The van der Waals surface area contributed by atoms with Gasteiger partial charge in [-0.15, -0.1) is 0 Å². The van der Waals surface area contributed by atoms with Gasteiger partial charge in [-0.3, -0.25) is 4.79 Å². The molecule has 0 saturated carbocycles. The van der Waals surface area contributed by atoms with Crippen molar-refractivity contribution in [3.63, 3.8) is 0 Å². The highest BCUT2D eigenvalue weighted by atomic mass is 35.5. The fourth-order valence-electron chi connectivity index (χ4n) is 6.46. The van der Waals surface area contributed by atoms with Crippen LogP contribution in [0, 0.1) is 18.8 Å². The van der Waals surface area contributed by atoms with Crippen LogP contribution in [0.25, 0.3) is 17.2 Å². The number of carbonyl (C=O) groups excluding carboxylic acids is 1. The van der Waals surface area contributed by atoms with Gasteiger partial charge in [0, 0.05) is 28.9 Å². The van der Waals surface area contributed by atoms with Crippen molar-refractivity contribution in [2.24, 2.45) is 11.8 Å². The standard InChI is InChI=1S/C38H51ClN2O2/c1-6-11-29(7-2)12-10-15-35(20-27(3)4)40-37(42)18-19-43-38-25-33(32-21-28(5)22-34(39)23-32)26-41(38)36-17-16-30-13-8-9-14-31(30)24-36/h8-9,13-14,16-17,21-23,25-27,29,35-36H,6-7,10-12,15,18-20,24H2,1-5H3,(H,40,42). The molecular weight excluding hydrogens is 552 g/mol. The highest BCUT2D eigenvalue weighted by molar-refractivity contribution is 6.31. The van der Waals surface area contributed by atoms with Crippen molar-refractivity contribution in [2.45, 2.75) is 104 Å². The molecule has 0 spiro atoms. The normalized spacial score (nSPS) is 15.7. The maximum atomic E-state index is 13.1. The molecule has 1 aliphatic rings. The third-order valence-corrected chi connectivity index (χ3v) is 8.88. The number of allylic oxidation sites excluding steroid dienone is 1. The monoisotopic (exact) mass is 602 g/mol. The largest absolute Gasteiger partial charge is 0.478 e. The lowest BCUT2D eigenvalue weighted by atomic mass is 9.91. The van der Waals surface area contributed by atoms with Gasteiger partial charge in [0.05, 0.1) is 19.1 Å². The highest BCUT2D eigenvalue weighted by Gasteiger charge is 2.21. The summed E-state index contributed by atoms with van der Waals surface area (Å²) in [5, 5.41) is 4.06. The van der Waals surface area contributed by atoms with Gasteiger partial charge >= 0.3 is 0 Å². The fourth-order valence-corrected chi connectivity index (χ4v) is 6.75. The molecule has 1 aliphatic carbocycles. The van der Waals surface area contributed by atoms with Gasteiger partial charge in [-0.1, -0.05) is 114 Å². The summed E-state index contributed by atoms with van der Waals surface area (Å²) in [6.45, 7) is 11.4. The molecule has 4 rings (SSSR count). The molecule has 1 aromatic heterocycles. The van der Waals surface area contributed by atoms with E-state index in [1.165, 1.54) is 43.2 Å². The summed E-state index contributed by atoms with van der Waals surface area (Å²) < 4.78 is 8.57. The van der Waals surface area contributed by atoms with E-state index in [2.05, 4.69) is 99.2 Å². The number of nitrogens with zero attached hydrogens (tertiary/aromatic N) is 1. The number of fused-ring (bicyclic) bond motifs is 1. The van der Waals surface area contributed by atoms with Gasteiger partial charge in [-0.05, 0) is 72.4 Å². The maximum Gasteiger partial charge on any atom is 0.223 e. The Bertz CT molecular complexity index is 1340. The predicted octanol–water partition coefficient (Wildman–Crippen LogP) is 10.2. The Morgan fingerprint density at radius 2 is 1.88 bits per heavy atom. The minimum absolute atomic E-state index is 0.0709. The number of rotatable bonds is 16. The third-order valence-electron chi connectivity index (χ3n) is 8.67. The quantitative estimate of drug-likeness (QED) is 0.177. The van der Waals surface area contributed by atoms with Crippen molar-refractivity contribution in [1.29, 1.82) is 0 Å². The van der Waals surface area contributed by atoms with Crippen LogP contribution in [0.5, 0.6) is 5.88 Å². The molecule has 0 saturated heterocycles. The van der Waals surface area contributed by atoms with Gasteiger partial charge < -0.3 is 14.6 Å². The average Bonchev–Trinajstić information content (AvgIpc) is 3.40. The van der Waals surface area contributed by atoms with Crippen molar-refractivity contribution >= 4 is 23.6 Å². The van der Waals surface area contributed by atoms with Gasteiger partial charge in [0.1, 0.15) is 0 Å². The summed E-state index contributed by atoms with van der Waals surface area (Å²) in [7, 11) is 0. The van der Waals surface area contributed by atoms with Gasteiger partial charge in [-0.25, -0.2) is 0 Å². The molecule has 1 heterocycles. The lowest BCUT2D eigenvalue weighted by Crippen LogP contribution is -2.36. The van der Waals surface area contributed by atoms with Gasteiger partial charge in [0.2, 0.25) is 5.91 Å². The number of aromatic nitrogens is 1. The second-order valence-corrected chi connectivity index (χ2v) is 13.2. The van der Waals surface area contributed by atoms with Crippen LogP contribution in [0.1, 0.15) is 102 Å². The van der Waals surface area contributed by atoms with E-state index in [-0.39, 0.29) is 18.0 Å². The lowest BCUT2D eigenvalue weighted by Gasteiger charge is -2.23. The Labute approximate surface area is 264 Å². The van der Waals surface area contributed by atoms with E-state index < -0.39 is 0 Å². The molecule has 5 heteroatoms. The minimum atomic E-state index is 0.0709. The first-order valence-corrected chi connectivity index (χ1v) is 16.8. The van der Waals surface area contributed by atoms with Crippen molar-refractivity contribution < 1.29 is 9.53 Å². The summed E-state index contributed by atoms with van der Waals surface area (Å²) in [5.41, 5.74) is 5.83. The molecule has 3 atom stereocenters. The Hall–Kier alpha value is -2.98. The zero-order valence-electron chi connectivity index (χ0n) is 26.9. The number of carbonyl (C=O) groups is 1. The number of halogens is 1. The van der Waals surface area contributed by atoms with Gasteiger partial charge in [0.15, 0.2) is 5.88 Å². The van der Waals surface area contributed by atoms with Crippen LogP contribution in [0.4, 0.5) is 0 Å². The summed E-state index contributed by atoms with van der Waals surface area (Å²) in [6, 6.07) is 17.1. The smallest absolute Gasteiger partial charge is 0.223 e. The molecule has 1 amide bonds. The predicted molar refractivity (Wildman–Crippen MR) is 182 cm³/mol. The number of nitrogens with one attached hydrogen (secondary N) is 1. The first-order valence-electron chi connectivity index (χ1n) is 16.4. The van der Waals surface area contributed by atoms with E-state index in [0.29, 0.717) is 18.9 Å². The molecule has 4 nitrogen and oxygen atoms in total. The Balaban J connectivity index is 1.42. The SMILES string of the molecule is CCCC(CC)CCCC(CC(C)C)NC(=O)CCOc1cc(-c2cc(C)cc(Cl)c2)cn1C1C=Cc2ccccc2C1. The Morgan fingerprint density at radius 3 is 2.63 bits per heavy atom. The molecule has 0 bridgehead atoms. The van der Waals surface area contributed by atoms with Crippen LogP contribution in [0.2, 0.25) is 5.02 Å². The van der Waals surface area contributed by atoms with Gasteiger partial charge in [0.25, 0.3) is 0 Å². The van der Waals surface area contributed by atoms with Crippen LogP contribution >= 0.6 is 11.6 Å². The second kappa shape index (κ2) is 16.2. The molecule has 0 radical (unpaired) electrons. The first-order chi connectivity index (χ1) is 20.7. The van der Waals surface area contributed by atoms with Crippen LogP contribution < -0.4 is 10.1 Å². The van der Waals surface area contributed by atoms with E-state index in [9.17, 15) is 4.79 Å². The second-order valence-electron chi connectivity index (χ2n) is 12.8. The zero-order valence-corrected chi connectivity index (χ0v) is 27.6. The topological polar surface area (TPSA) is 43.3 Å². The van der Waals surface area contributed by atoms with E-state index in [0.717, 1.165) is 52.8 Å². The summed E-state index contributed by atoms with van der Waals surface area (Å²) in [4.78, 5) is 13.1. The number of hydrogen-bond donors (Lipinski definition) is 1. The molecule has 3 unspecified atom stereocenters. The van der Waals surface area contributed by atoms with Crippen LogP contribution in [0.3, 0.4) is 0 Å². The number of benzene rings is 2. The number of amides is 1. The number of ether oxygens (including phenoxy) is 1.